The summed E-state index contributed by atoms with van der Waals surface area (Å²) in [5.41, 5.74) is -0.309. The Bertz CT molecular complexity index is 362. The number of rotatable bonds is 3. The van der Waals surface area contributed by atoms with Gasteiger partial charge in [0.2, 0.25) is 5.91 Å². The van der Waals surface area contributed by atoms with Gasteiger partial charge in [0.25, 0.3) is 0 Å². The van der Waals surface area contributed by atoms with Crippen LogP contribution in [0.5, 0.6) is 0 Å². The molecule has 5 heteroatoms. The van der Waals surface area contributed by atoms with E-state index in [1.807, 2.05) is 13.8 Å². The van der Waals surface area contributed by atoms with Gasteiger partial charge in [0.15, 0.2) is 0 Å². The summed E-state index contributed by atoms with van der Waals surface area (Å²) in [4.78, 5) is 25.7. The molecule has 1 saturated heterocycles. The van der Waals surface area contributed by atoms with Crippen LogP contribution in [-0.2, 0) is 14.3 Å². The summed E-state index contributed by atoms with van der Waals surface area (Å²) < 4.78 is 4.71. The lowest BCUT2D eigenvalue weighted by molar-refractivity contribution is -0.153. The number of hydrogen-bond acceptors (Lipinski definition) is 4. The third-order valence-corrected chi connectivity index (χ3v) is 4.33. The fraction of sp³-hybridized carbons (Fsp3) is 0.846. The Morgan fingerprint density at radius 3 is 2.44 bits per heavy atom. The lowest BCUT2D eigenvalue weighted by Gasteiger charge is -2.29. The van der Waals surface area contributed by atoms with E-state index < -0.39 is 18.1 Å². The fourth-order valence-corrected chi connectivity index (χ4v) is 2.86. The zero-order valence-corrected chi connectivity index (χ0v) is 11.2. The predicted octanol–water partition coefficient (Wildman–Crippen LogP) is 0.557. The standard InChI is InChI=1S/C13H21NO4/c1-8(2)13(4-5-13)12(17)14-7-9(15)6-10(14)11(16)18-3/h8-10,15H,4-7H2,1-3H3. The molecule has 1 saturated carbocycles. The Morgan fingerprint density at radius 1 is 1.39 bits per heavy atom. The van der Waals surface area contributed by atoms with E-state index in [0.29, 0.717) is 0 Å². The van der Waals surface area contributed by atoms with E-state index in [1.165, 1.54) is 12.0 Å². The first-order valence-electron chi connectivity index (χ1n) is 6.49. The van der Waals surface area contributed by atoms with Crippen molar-refractivity contribution in [2.45, 2.75) is 45.3 Å². The van der Waals surface area contributed by atoms with Crippen molar-refractivity contribution in [1.82, 2.24) is 4.90 Å². The van der Waals surface area contributed by atoms with Gasteiger partial charge in [0, 0.05) is 13.0 Å². The molecule has 2 atom stereocenters. The quantitative estimate of drug-likeness (QED) is 0.748. The normalized spacial score (nSPS) is 29.5. The molecule has 0 aromatic rings. The van der Waals surface area contributed by atoms with Crippen LogP contribution in [0.4, 0.5) is 0 Å². The number of carbonyl (C=O) groups is 2. The van der Waals surface area contributed by atoms with E-state index in [4.69, 9.17) is 4.74 Å². The smallest absolute Gasteiger partial charge is 0.328 e. The van der Waals surface area contributed by atoms with Gasteiger partial charge in [0.1, 0.15) is 6.04 Å². The number of ether oxygens (including phenoxy) is 1. The maximum absolute atomic E-state index is 12.6. The molecule has 1 aliphatic carbocycles. The minimum atomic E-state index is -0.624. The zero-order chi connectivity index (χ0) is 13.5. The van der Waals surface area contributed by atoms with Crippen LogP contribution >= 0.6 is 0 Å². The monoisotopic (exact) mass is 255 g/mol. The summed E-state index contributed by atoms with van der Waals surface area (Å²) in [7, 11) is 1.31. The van der Waals surface area contributed by atoms with Gasteiger partial charge >= 0.3 is 5.97 Å². The highest BCUT2D eigenvalue weighted by Crippen LogP contribution is 2.53. The highest BCUT2D eigenvalue weighted by Gasteiger charge is 2.56. The predicted molar refractivity (Wildman–Crippen MR) is 64.6 cm³/mol. The molecule has 18 heavy (non-hydrogen) atoms. The van der Waals surface area contributed by atoms with Crippen molar-refractivity contribution < 1.29 is 19.4 Å². The van der Waals surface area contributed by atoms with Gasteiger partial charge in [-0.05, 0) is 18.8 Å². The fourth-order valence-electron chi connectivity index (χ4n) is 2.86. The zero-order valence-electron chi connectivity index (χ0n) is 11.2. The first kappa shape index (κ1) is 13.3. The first-order chi connectivity index (χ1) is 8.42. The summed E-state index contributed by atoms with van der Waals surface area (Å²) in [5.74, 6) is -0.162. The lowest BCUT2D eigenvalue weighted by atomic mass is 9.90. The summed E-state index contributed by atoms with van der Waals surface area (Å²) >= 11 is 0. The number of hydrogen-bond donors (Lipinski definition) is 1. The van der Waals surface area contributed by atoms with Gasteiger partial charge < -0.3 is 14.7 Å². The number of esters is 1. The Labute approximate surface area is 107 Å². The van der Waals surface area contributed by atoms with Gasteiger partial charge in [-0.3, -0.25) is 4.79 Å². The van der Waals surface area contributed by atoms with E-state index in [-0.39, 0.29) is 30.2 Å². The number of amides is 1. The van der Waals surface area contributed by atoms with Crippen LogP contribution in [0.3, 0.4) is 0 Å². The van der Waals surface area contributed by atoms with Crippen molar-refractivity contribution in [3.63, 3.8) is 0 Å². The Hall–Kier alpha value is -1.10. The SMILES string of the molecule is COC(=O)C1CC(O)CN1C(=O)C1(C(C)C)CC1. The third-order valence-electron chi connectivity index (χ3n) is 4.33. The van der Waals surface area contributed by atoms with Crippen molar-refractivity contribution in [1.29, 1.82) is 0 Å². The van der Waals surface area contributed by atoms with Gasteiger partial charge in [-0.15, -0.1) is 0 Å². The van der Waals surface area contributed by atoms with Crippen LogP contribution < -0.4 is 0 Å². The average Bonchev–Trinajstić information content (AvgIpc) is 3.06. The van der Waals surface area contributed by atoms with Gasteiger partial charge in [0.05, 0.1) is 18.6 Å². The molecule has 0 aromatic carbocycles. The van der Waals surface area contributed by atoms with Gasteiger partial charge in [-0.2, -0.15) is 0 Å². The molecule has 0 aromatic heterocycles. The molecule has 1 amide bonds. The second-order valence-corrected chi connectivity index (χ2v) is 5.70. The highest BCUT2D eigenvalue weighted by molar-refractivity contribution is 5.90. The number of aliphatic hydroxyl groups excluding tert-OH is 1. The summed E-state index contributed by atoms with van der Waals surface area (Å²) in [5, 5.41) is 9.69. The van der Waals surface area contributed by atoms with E-state index >= 15 is 0 Å². The second-order valence-electron chi connectivity index (χ2n) is 5.70. The Morgan fingerprint density at radius 2 is 2.00 bits per heavy atom. The molecule has 102 valence electrons. The summed E-state index contributed by atoms with van der Waals surface area (Å²) in [6.07, 6.45) is 1.42. The lowest BCUT2D eigenvalue weighted by Crippen LogP contribution is -2.46. The van der Waals surface area contributed by atoms with Crippen LogP contribution in [0.15, 0.2) is 0 Å². The van der Waals surface area contributed by atoms with Gasteiger partial charge in [-0.25, -0.2) is 4.79 Å². The maximum Gasteiger partial charge on any atom is 0.328 e. The van der Waals surface area contributed by atoms with E-state index in [2.05, 4.69) is 0 Å². The summed E-state index contributed by atoms with van der Waals surface area (Å²) in [6.45, 7) is 4.31. The number of β-amino-alcohol motifs (C(OH)–C–C–N with tert-alkyl or cyclic N) is 1. The topological polar surface area (TPSA) is 66.8 Å². The number of aliphatic hydroxyl groups is 1. The van der Waals surface area contributed by atoms with Crippen LogP contribution in [0.1, 0.15) is 33.1 Å². The average molecular weight is 255 g/mol. The molecule has 1 N–H and O–H groups in total. The highest BCUT2D eigenvalue weighted by atomic mass is 16.5. The third kappa shape index (κ3) is 2.00. The van der Waals surface area contributed by atoms with Crippen LogP contribution in [0.2, 0.25) is 0 Å². The molecule has 1 aliphatic heterocycles. The molecule has 0 bridgehead atoms. The molecule has 1 heterocycles. The van der Waals surface area contributed by atoms with Crippen LogP contribution in [0.25, 0.3) is 0 Å². The van der Waals surface area contributed by atoms with Gasteiger partial charge in [-0.1, -0.05) is 13.8 Å². The maximum atomic E-state index is 12.6. The second kappa shape index (κ2) is 4.53. The number of likely N-dealkylation sites (tertiary alicyclic amines) is 1. The molecular formula is C13H21NO4. The van der Waals surface area contributed by atoms with E-state index in [9.17, 15) is 14.7 Å². The van der Waals surface area contributed by atoms with Crippen molar-refractivity contribution in [2.24, 2.45) is 11.3 Å². The molecule has 0 spiro atoms. The Kier molecular flexibility index (Phi) is 3.36. The molecule has 2 unspecified atom stereocenters. The van der Waals surface area contributed by atoms with Crippen LogP contribution in [-0.4, -0.2) is 47.7 Å². The van der Waals surface area contributed by atoms with Crippen molar-refractivity contribution in [3.05, 3.63) is 0 Å². The largest absolute Gasteiger partial charge is 0.467 e. The molecule has 2 rings (SSSR count). The van der Waals surface area contributed by atoms with Crippen molar-refractivity contribution in [2.75, 3.05) is 13.7 Å². The molecule has 5 nitrogen and oxygen atoms in total. The minimum absolute atomic E-state index is 0.00412. The van der Waals surface area contributed by atoms with Crippen molar-refractivity contribution >= 4 is 11.9 Å². The van der Waals surface area contributed by atoms with E-state index in [0.717, 1.165) is 12.8 Å². The Balaban J connectivity index is 2.16. The molecule has 2 fully saturated rings. The van der Waals surface area contributed by atoms with Crippen molar-refractivity contribution in [3.8, 4) is 0 Å². The summed E-state index contributed by atoms with van der Waals surface area (Å²) in [6, 6.07) is -0.617. The molecular weight excluding hydrogens is 234 g/mol. The number of methoxy groups -OCH3 is 1. The minimum Gasteiger partial charge on any atom is -0.467 e. The number of nitrogens with zero attached hydrogens (tertiary/aromatic N) is 1. The molecule has 2 aliphatic rings. The number of carbonyl (C=O) groups excluding carboxylic acids is 2. The van der Waals surface area contributed by atoms with Crippen LogP contribution in [0, 0.1) is 11.3 Å². The first-order valence-corrected chi connectivity index (χ1v) is 6.49. The molecule has 0 radical (unpaired) electrons. The van der Waals surface area contributed by atoms with E-state index in [1.54, 1.807) is 0 Å².